The van der Waals surface area contributed by atoms with Gasteiger partial charge in [0, 0.05) is 0 Å². The number of rotatable bonds is 6. The largest absolute Gasteiger partial charge is 0.0654 e. The summed E-state index contributed by atoms with van der Waals surface area (Å²) in [5.74, 6) is 2.16. The first kappa shape index (κ1) is 9.09. The van der Waals surface area contributed by atoms with Gasteiger partial charge in [-0.25, -0.2) is 0 Å². The zero-order valence-electron chi connectivity index (χ0n) is 8.10. The predicted molar refractivity (Wildman–Crippen MR) is 50.6 cm³/mol. The molecule has 1 saturated carbocycles. The average Bonchev–Trinajstić information content (AvgIpc) is 2.79. The van der Waals surface area contributed by atoms with Crippen molar-refractivity contribution in [3.8, 4) is 0 Å². The average molecular weight is 154 g/mol. The van der Waals surface area contributed by atoms with Crippen molar-refractivity contribution < 1.29 is 0 Å². The lowest BCUT2D eigenvalue weighted by molar-refractivity contribution is 0.441. The second kappa shape index (κ2) is 4.79. The summed E-state index contributed by atoms with van der Waals surface area (Å²) in [5, 5.41) is 0. The number of hydrogen-bond donors (Lipinski definition) is 0. The summed E-state index contributed by atoms with van der Waals surface area (Å²) in [6, 6.07) is 0. The molecule has 0 spiro atoms. The van der Waals surface area contributed by atoms with Crippen LogP contribution in [0.4, 0.5) is 0 Å². The first-order valence-corrected chi connectivity index (χ1v) is 5.34. The minimum Gasteiger partial charge on any atom is -0.0654 e. The van der Waals surface area contributed by atoms with Gasteiger partial charge in [0.2, 0.25) is 0 Å². The smallest absolute Gasteiger partial charge is 0.0388 e. The molecule has 66 valence electrons. The minimum absolute atomic E-state index is 1.03. The van der Waals surface area contributed by atoms with Crippen molar-refractivity contribution in [3.05, 3.63) is 0 Å². The Morgan fingerprint density at radius 1 is 1.18 bits per heavy atom. The lowest BCUT2D eigenvalue weighted by Gasteiger charge is -2.08. The van der Waals surface area contributed by atoms with Crippen LogP contribution >= 0.6 is 0 Å². The molecule has 0 nitrogen and oxygen atoms in total. The Hall–Kier alpha value is 0. The van der Waals surface area contributed by atoms with Gasteiger partial charge < -0.3 is 0 Å². The Kier molecular flexibility index (Phi) is 3.96. The third-order valence-corrected chi connectivity index (χ3v) is 2.94. The van der Waals surface area contributed by atoms with Crippen molar-refractivity contribution in [1.29, 1.82) is 0 Å². The van der Waals surface area contributed by atoms with Gasteiger partial charge in [0.05, 0.1) is 0 Å². The highest BCUT2D eigenvalue weighted by Gasteiger charge is 2.26. The molecular weight excluding hydrogens is 132 g/mol. The van der Waals surface area contributed by atoms with E-state index in [0.29, 0.717) is 0 Å². The highest BCUT2D eigenvalue weighted by atomic mass is 14.3. The summed E-state index contributed by atoms with van der Waals surface area (Å²) in [4.78, 5) is 0. The van der Waals surface area contributed by atoms with Gasteiger partial charge >= 0.3 is 0 Å². The van der Waals surface area contributed by atoms with Crippen molar-refractivity contribution in [1.82, 2.24) is 0 Å². The van der Waals surface area contributed by atoms with E-state index in [1.807, 2.05) is 0 Å². The lowest BCUT2D eigenvalue weighted by atomic mass is 9.98. The molecule has 0 heterocycles. The van der Waals surface area contributed by atoms with E-state index in [2.05, 4.69) is 13.8 Å². The van der Waals surface area contributed by atoms with E-state index in [-0.39, 0.29) is 0 Å². The third-order valence-electron chi connectivity index (χ3n) is 2.94. The zero-order chi connectivity index (χ0) is 8.10. The second-order valence-electron chi connectivity index (χ2n) is 4.16. The van der Waals surface area contributed by atoms with Crippen molar-refractivity contribution in [2.24, 2.45) is 11.8 Å². The van der Waals surface area contributed by atoms with Crippen LogP contribution in [0.1, 0.15) is 58.8 Å². The standard InChI is InChI=1S/C11H22/c1-3-4-5-6-7-10(2)11-8-9-11/h10-11H,3-9H2,1-2H3. The topological polar surface area (TPSA) is 0 Å². The van der Waals surface area contributed by atoms with E-state index >= 15 is 0 Å². The Morgan fingerprint density at radius 2 is 1.91 bits per heavy atom. The number of hydrogen-bond acceptors (Lipinski definition) is 0. The lowest BCUT2D eigenvalue weighted by Crippen LogP contribution is -1.96. The maximum Gasteiger partial charge on any atom is -0.0388 e. The second-order valence-corrected chi connectivity index (χ2v) is 4.16. The van der Waals surface area contributed by atoms with Gasteiger partial charge in [0.1, 0.15) is 0 Å². The van der Waals surface area contributed by atoms with E-state index in [1.54, 1.807) is 0 Å². The van der Waals surface area contributed by atoms with Gasteiger partial charge in [-0.15, -0.1) is 0 Å². The Labute approximate surface area is 71.4 Å². The molecule has 0 bridgehead atoms. The van der Waals surface area contributed by atoms with Crippen LogP contribution in [0.3, 0.4) is 0 Å². The van der Waals surface area contributed by atoms with Crippen LogP contribution in [0.15, 0.2) is 0 Å². The van der Waals surface area contributed by atoms with E-state index < -0.39 is 0 Å². The molecule has 0 aromatic rings. The van der Waals surface area contributed by atoms with Crippen LogP contribution < -0.4 is 0 Å². The summed E-state index contributed by atoms with van der Waals surface area (Å²) >= 11 is 0. The maximum atomic E-state index is 2.43. The Morgan fingerprint density at radius 3 is 2.45 bits per heavy atom. The molecule has 1 aliphatic rings. The van der Waals surface area contributed by atoms with Crippen molar-refractivity contribution in [3.63, 3.8) is 0 Å². The summed E-state index contributed by atoms with van der Waals surface area (Å²) < 4.78 is 0. The molecule has 0 amide bonds. The van der Waals surface area contributed by atoms with E-state index in [4.69, 9.17) is 0 Å². The minimum atomic E-state index is 1.03. The zero-order valence-corrected chi connectivity index (χ0v) is 8.10. The number of unbranched alkanes of at least 4 members (excludes halogenated alkanes) is 3. The quantitative estimate of drug-likeness (QED) is 0.507. The van der Waals surface area contributed by atoms with Crippen LogP contribution in [-0.2, 0) is 0 Å². The predicted octanol–water partition coefficient (Wildman–Crippen LogP) is 4.00. The Balaban J connectivity index is 1.85. The summed E-state index contributed by atoms with van der Waals surface area (Å²) in [6.45, 7) is 4.72. The third kappa shape index (κ3) is 3.79. The molecule has 11 heavy (non-hydrogen) atoms. The fourth-order valence-corrected chi connectivity index (χ4v) is 1.79. The molecule has 0 radical (unpaired) electrons. The van der Waals surface area contributed by atoms with E-state index in [1.165, 1.54) is 44.9 Å². The molecule has 0 aromatic carbocycles. The van der Waals surface area contributed by atoms with Gasteiger partial charge in [-0.1, -0.05) is 46.0 Å². The molecule has 0 N–H and O–H groups in total. The normalized spacial score (nSPS) is 20.2. The molecule has 0 saturated heterocycles. The van der Waals surface area contributed by atoms with Crippen LogP contribution in [-0.4, -0.2) is 0 Å². The molecule has 1 atom stereocenters. The van der Waals surface area contributed by atoms with Crippen LogP contribution in [0, 0.1) is 11.8 Å². The fourth-order valence-electron chi connectivity index (χ4n) is 1.79. The molecule has 0 aromatic heterocycles. The molecule has 1 fully saturated rings. The van der Waals surface area contributed by atoms with Crippen molar-refractivity contribution in [2.45, 2.75) is 58.8 Å². The van der Waals surface area contributed by atoms with Gasteiger partial charge in [0.25, 0.3) is 0 Å². The van der Waals surface area contributed by atoms with Crippen LogP contribution in [0.2, 0.25) is 0 Å². The highest BCUT2D eigenvalue weighted by molar-refractivity contribution is 4.78. The molecule has 1 unspecified atom stereocenters. The monoisotopic (exact) mass is 154 g/mol. The van der Waals surface area contributed by atoms with Gasteiger partial charge in [0.15, 0.2) is 0 Å². The Bertz CT molecular complexity index is 92.2. The summed E-state index contributed by atoms with van der Waals surface area (Å²) in [7, 11) is 0. The molecule has 1 rings (SSSR count). The first-order valence-electron chi connectivity index (χ1n) is 5.34. The molecule has 1 aliphatic carbocycles. The summed E-state index contributed by atoms with van der Waals surface area (Å²) in [5.41, 5.74) is 0. The SMILES string of the molecule is CCCCCCC(C)C1CC1. The van der Waals surface area contributed by atoms with Gasteiger partial charge in [-0.05, 0) is 24.7 Å². The van der Waals surface area contributed by atoms with Crippen molar-refractivity contribution in [2.75, 3.05) is 0 Å². The first-order chi connectivity index (χ1) is 5.34. The molecule has 0 aliphatic heterocycles. The fraction of sp³-hybridized carbons (Fsp3) is 1.00. The van der Waals surface area contributed by atoms with Gasteiger partial charge in [-0.2, -0.15) is 0 Å². The van der Waals surface area contributed by atoms with Crippen LogP contribution in [0.25, 0.3) is 0 Å². The van der Waals surface area contributed by atoms with E-state index in [9.17, 15) is 0 Å². The van der Waals surface area contributed by atoms with Crippen LogP contribution in [0.5, 0.6) is 0 Å². The molecule has 0 heteroatoms. The molecular formula is C11H22. The van der Waals surface area contributed by atoms with Crippen molar-refractivity contribution >= 4 is 0 Å². The van der Waals surface area contributed by atoms with E-state index in [0.717, 1.165) is 11.8 Å². The summed E-state index contributed by atoms with van der Waals surface area (Å²) in [6.07, 6.45) is 10.3. The maximum absolute atomic E-state index is 2.43. The van der Waals surface area contributed by atoms with Gasteiger partial charge in [-0.3, -0.25) is 0 Å². The highest BCUT2D eigenvalue weighted by Crippen LogP contribution is 2.38.